The summed E-state index contributed by atoms with van der Waals surface area (Å²) in [5.41, 5.74) is 5.60. The number of carbonyl (C=O) groups is 1. The fourth-order valence-corrected chi connectivity index (χ4v) is 1.66. The lowest BCUT2D eigenvalue weighted by atomic mass is 9.83. The molecule has 0 saturated heterocycles. The van der Waals surface area contributed by atoms with Gasteiger partial charge in [-0.2, -0.15) is 0 Å². The molecule has 1 aliphatic rings. The van der Waals surface area contributed by atoms with Crippen LogP contribution in [0.2, 0.25) is 0 Å². The van der Waals surface area contributed by atoms with Crippen LogP contribution in [0.1, 0.15) is 26.2 Å². The number of carbonyl (C=O) groups excluding carboxylic acids is 1. The quantitative estimate of drug-likeness (QED) is 0.789. The number of hydrogen-bond acceptors (Lipinski definition) is 3. The summed E-state index contributed by atoms with van der Waals surface area (Å²) >= 11 is 0. The van der Waals surface area contributed by atoms with Gasteiger partial charge in [0.05, 0.1) is 12.5 Å². The van der Waals surface area contributed by atoms with E-state index in [9.17, 15) is 13.6 Å². The van der Waals surface area contributed by atoms with Crippen molar-refractivity contribution in [3.05, 3.63) is 0 Å². The minimum absolute atomic E-state index is 0. The van der Waals surface area contributed by atoms with Gasteiger partial charge in [-0.15, -0.1) is 17.0 Å². The number of nitrogens with two attached hydrogens (primary N) is 1. The molecule has 1 fully saturated rings. The summed E-state index contributed by atoms with van der Waals surface area (Å²) < 4.78 is 30.6. The third kappa shape index (κ3) is 4.03. The maximum atomic E-state index is 13.0. The average Bonchev–Trinajstić information content (AvgIpc) is 2.10. The number of halogens is 3. The number of alkyl halides is 2. The molecule has 0 aromatic rings. The van der Waals surface area contributed by atoms with Gasteiger partial charge in [0.2, 0.25) is 5.92 Å². The molecule has 0 heterocycles. The molecule has 0 amide bonds. The van der Waals surface area contributed by atoms with E-state index < -0.39 is 30.3 Å². The third-order valence-corrected chi connectivity index (χ3v) is 2.47. The van der Waals surface area contributed by atoms with Gasteiger partial charge in [0.25, 0.3) is 0 Å². The highest BCUT2D eigenvalue weighted by molar-refractivity contribution is 8.93. The van der Waals surface area contributed by atoms with Gasteiger partial charge < -0.3 is 10.5 Å². The number of hydrogen-bond donors (Lipinski definition) is 1. The first-order valence-corrected chi connectivity index (χ1v) is 4.76. The minimum atomic E-state index is -2.77. The van der Waals surface area contributed by atoms with Crippen molar-refractivity contribution < 1.29 is 18.3 Å². The van der Waals surface area contributed by atoms with Gasteiger partial charge in [-0.1, -0.05) is 0 Å². The Morgan fingerprint density at radius 2 is 2.20 bits per heavy atom. The van der Waals surface area contributed by atoms with Crippen LogP contribution in [-0.4, -0.2) is 24.5 Å². The fraction of sp³-hybridized carbons (Fsp3) is 0.889. The summed E-state index contributed by atoms with van der Waals surface area (Å²) in [4.78, 5) is 11.3. The highest BCUT2D eigenvalue weighted by atomic mass is 79.9. The summed E-state index contributed by atoms with van der Waals surface area (Å²) in [7, 11) is 0. The molecule has 2 atom stereocenters. The molecule has 0 aliphatic heterocycles. The van der Waals surface area contributed by atoms with Crippen LogP contribution >= 0.6 is 17.0 Å². The van der Waals surface area contributed by atoms with Crippen molar-refractivity contribution >= 4 is 23.0 Å². The standard InChI is InChI=1S/C9H15F2NO2.BrH/c1-2-14-8(13)6-5-9(10,11)4-3-7(6)12;/h6-7H,2-5,12H2,1H3;1H/t6-,7+;/m1./s1. The normalized spacial score (nSPS) is 29.1. The SMILES string of the molecule is Br.CCOC(=O)[C@@H]1CC(F)(F)CC[C@@H]1N. The van der Waals surface area contributed by atoms with Gasteiger partial charge in [-0.25, -0.2) is 8.78 Å². The van der Waals surface area contributed by atoms with E-state index in [0.29, 0.717) is 0 Å². The second kappa shape index (κ2) is 5.75. The molecule has 1 saturated carbocycles. The zero-order chi connectivity index (χ0) is 10.8. The van der Waals surface area contributed by atoms with E-state index >= 15 is 0 Å². The van der Waals surface area contributed by atoms with Gasteiger partial charge in [0, 0.05) is 18.9 Å². The van der Waals surface area contributed by atoms with Crippen molar-refractivity contribution in [3.63, 3.8) is 0 Å². The predicted molar refractivity (Wildman–Crippen MR) is 57.2 cm³/mol. The Balaban J connectivity index is 0.00000196. The Bertz CT molecular complexity index is 226. The van der Waals surface area contributed by atoms with Crippen LogP contribution in [0.4, 0.5) is 8.78 Å². The third-order valence-electron chi connectivity index (χ3n) is 2.47. The van der Waals surface area contributed by atoms with E-state index in [1.807, 2.05) is 0 Å². The van der Waals surface area contributed by atoms with E-state index in [2.05, 4.69) is 0 Å². The smallest absolute Gasteiger partial charge is 0.310 e. The van der Waals surface area contributed by atoms with Crippen LogP contribution in [0.25, 0.3) is 0 Å². The summed E-state index contributed by atoms with van der Waals surface area (Å²) in [6.45, 7) is 1.85. The molecule has 0 aromatic carbocycles. The lowest BCUT2D eigenvalue weighted by molar-refractivity contribution is -0.156. The maximum Gasteiger partial charge on any atom is 0.310 e. The van der Waals surface area contributed by atoms with Crippen LogP contribution < -0.4 is 5.73 Å². The first-order chi connectivity index (χ1) is 6.46. The van der Waals surface area contributed by atoms with Gasteiger partial charge in [0.15, 0.2) is 0 Å². The molecule has 3 nitrogen and oxygen atoms in total. The molecule has 1 rings (SSSR count). The monoisotopic (exact) mass is 287 g/mol. The Morgan fingerprint density at radius 3 is 2.73 bits per heavy atom. The molecule has 0 spiro atoms. The summed E-state index contributed by atoms with van der Waals surface area (Å²) in [6.07, 6.45) is -0.534. The largest absolute Gasteiger partial charge is 0.466 e. The Morgan fingerprint density at radius 1 is 1.60 bits per heavy atom. The van der Waals surface area contributed by atoms with Crippen molar-refractivity contribution in [3.8, 4) is 0 Å². The first-order valence-electron chi connectivity index (χ1n) is 4.76. The topological polar surface area (TPSA) is 52.3 Å². The van der Waals surface area contributed by atoms with Crippen LogP contribution in [-0.2, 0) is 9.53 Å². The minimum Gasteiger partial charge on any atom is -0.466 e. The fourth-order valence-electron chi connectivity index (χ4n) is 1.66. The molecule has 0 bridgehead atoms. The van der Waals surface area contributed by atoms with E-state index in [0.717, 1.165) is 0 Å². The zero-order valence-corrected chi connectivity index (χ0v) is 10.3. The molecule has 0 radical (unpaired) electrons. The number of ether oxygens (including phenoxy) is 1. The van der Waals surface area contributed by atoms with Crippen molar-refractivity contribution in [2.75, 3.05) is 6.61 Å². The van der Waals surface area contributed by atoms with Crippen LogP contribution in [0.5, 0.6) is 0 Å². The van der Waals surface area contributed by atoms with Gasteiger partial charge in [-0.3, -0.25) is 4.79 Å². The molecule has 6 heteroatoms. The van der Waals surface area contributed by atoms with Crippen LogP contribution in [0.3, 0.4) is 0 Å². The summed E-state index contributed by atoms with van der Waals surface area (Å²) in [6, 6.07) is -0.492. The van der Waals surface area contributed by atoms with Crippen molar-refractivity contribution in [1.29, 1.82) is 0 Å². The van der Waals surface area contributed by atoms with E-state index in [4.69, 9.17) is 10.5 Å². The molecular weight excluding hydrogens is 272 g/mol. The van der Waals surface area contributed by atoms with Gasteiger partial charge in [0.1, 0.15) is 0 Å². The highest BCUT2D eigenvalue weighted by Crippen LogP contribution is 2.36. The summed E-state index contributed by atoms with van der Waals surface area (Å²) in [5, 5.41) is 0. The van der Waals surface area contributed by atoms with E-state index in [-0.39, 0.29) is 36.4 Å². The van der Waals surface area contributed by atoms with Gasteiger partial charge in [-0.05, 0) is 13.3 Å². The van der Waals surface area contributed by atoms with E-state index in [1.54, 1.807) is 6.92 Å². The lowest BCUT2D eigenvalue weighted by Crippen LogP contribution is -2.45. The zero-order valence-electron chi connectivity index (χ0n) is 8.54. The second-order valence-electron chi connectivity index (χ2n) is 3.62. The average molecular weight is 288 g/mol. The maximum absolute atomic E-state index is 13.0. The van der Waals surface area contributed by atoms with Crippen LogP contribution in [0.15, 0.2) is 0 Å². The summed E-state index contributed by atoms with van der Waals surface area (Å²) in [5.74, 6) is -4.22. The molecule has 0 unspecified atom stereocenters. The molecule has 15 heavy (non-hydrogen) atoms. The number of esters is 1. The van der Waals surface area contributed by atoms with Gasteiger partial charge >= 0.3 is 5.97 Å². The van der Waals surface area contributed by atoms with Crippen molar-refractivity contribution in [2.24, 2.45) is 11.7 Å². The number of rotatable bonds is 2. The Labute approximate surface area is 98.1 Å². The Hall–Kier alpha value is -0.230. The lowest BCUT2D eigenvalue weighted by Gasteiger charge is -2.32. The van der Waals surface area contributed by atoms with Crippen LogP contribution in [0, 0.1) is 5.92 Å². The second-order valence-corrected chi connectivity index (χ2v) is 3.62. The Kier molecular flexibility index (Phi) is 5.66. The molecule has 1 aliphatic carbocycles. The first kappa shape index (κ1) is 14.8. The van der Waals surface area contributed by atoms with Crippen molar-refractivity contribution in [2.45, 2.75) is 38.2 Å². The highest BCUT2D eigenvalue weighted by Gasteiger charge is 2.43. The molecule has 2 N–H and O–H groups in total. The molecule has 90 valence electrons. The molecule has 0 aromatic heterocycles. The van der Waals surface area contributed by atoms with Crippen molar-refractivity contribution in [1.82, 2.24) is 0 Å². The predicted octanol–water partition coefficient (Wildman–Crippen LogP) is 1.89. The van der Waals surface area contributed by atoms with E-state index in [1.165, 1.54) is 0 Å². The molecular formula is C9H16BrF2NO2.